The summed E-state index contributed by atoms with van der Waals surface area (Å²) in [4.78, 5) is 21.0. The van der Waals surface area contributed by atoms with Crippen molar-refractivity contribution < 1.29 is 9.59 Å². The molecule has 2 atom stereocenters. The summed E-state index contributed by atoms with van der Waals surface area (Å²) in [5, 5.41) is 4.70. The average molecular weight is 160 g/mol. The predicted molar refractivity (Wildman–Crippen MR) is 38.5 cm³/mol. The first kappa shape index (κ1) is 7.40. The fourth-order valence-electron chi connectivity index (χ4n) is 0.729. The van der Waals surface area contributed by atoms with Gasteiger partial charge in [0, 0.05) is 6.92 Å². The van der Waals surface area contributed by atoms with Crippen LogP contribution >= 0.6 is 12.6 Å². The monoisotopic (exact) mass is 160 g/mol. The second-order valence-corrected chi connectivity index (χ2v) is 2.69. The van der Waals surface area contributed by atoms with Crippen LogP contribution in [0.4, 0.5) is 0 Å². The summed E-state index contributed by atoms with van der Waals surface area (Å²) in [5.74, 6) is -0.380. The fraction of sp³-hybridized carbons (Fsp3) is 0.600. The van der Waals surface area contributed by atoms with Crippen molar-refractivity contribution >= 4 is 24.4 Å². The molecule has 0 aromatic heterocycles. The highest BCUT2D eigenvalue weighted by atomic mass is 32.1. The maximum atomic E-state index is 10.6. The van der Waals surface area contributed by atoms with Gasteiger partial charge in [-0.2, -0.15) is 12.6 Å². The van der Waals surface area contributed by atoms with Crippen LogP contribution in [0.3, 0.4) is 0 Å². The minimum Gasteiger partial charge on any atom is -0.342 e. The first-order valence-electron chi connectivity index (χ1n) is 2.87. The van der Waals surface area contributed by atoms with Gasteiger partial charge in [0.1, 0.15) is 11.4 Å². The van der Waals surface area contributed by atoms with E-state index in [1.54, 1.807) is 0 Å². The van der Waals surface area contributed by atoms with E-state index in [0.717, 1.165) is 0 Å². The van der Waals surface area contributed by atoms with E-state index in [-0.39, 0.29) is 17.2 Å². The molecule has 2 amide bonds. The van der Waals surface area contributed by atoms with Crippen molar-refractivity contribution in [1.29, 1.82) is 0 Å². The largest absolute Gasteiger partial charge is 0.342 e. The smallest absolute Gasteiger partial charge is 0.246 e. The van der Waals surface area contributed by atoms with Gasteiger partial charge in [-0.25, -0.2) is 0 Å². The zero-order valence-electron chi connectivity index (χ0n) is 5.42. The molecule has 56 valence electrons. The Labute approximate surface area is 63.8 Å². The fourth-order valence-corrected chi connectivity index (χ4v) is 1.07. The minimum atomic E-state index is -0.444. The Hall–Kier alpha value is -0.710. The topological polar surface area (TPSA) is 58.2 Å². The maximum absolute atomic E-state index is 10.6. The molecule has 10 heavy (non-hydrogen) atoms. The summed E-state index contributed by atoms with van der Waals surface area (Å²) in [5.41, 5.74) is 0. The number of carbonyl (C=O) groups excluding carboxylic acids is 2. The highest BCUT2D eigenvalue weighted by Gasteiger charge is 2.36. The first-order chi connectivity index (χ1) is 4.61. The maximum Gasteiger partial charge on any atom is 0.246 e. The van der Waals surface area contributed by atoms with E-state index in [9.17, 15) is 9.59 Å². The highest BCUT2D eigenvalue weighted by molar-refractivity contribution is 7.81. The number of amides is 2. The molecule has 4 nitrogen and oxygen atoms in total. The molecule has 1 aliphatic rings. The molecule has 2 N–H and O–H groups in total. The summed E-state index contributed by atoms with van der Waals surface area (Å²) in [6.07, 6.45) is 0. The standard InChI is InChI=1S/C5H8N2O2S/c1-2(8)6-3-4(9)7-5(3)10/h3,5,10H,1H3,(H,6,8)(H,7,9). The van der Waals surface area contributed by atoms with Crippen molar-refractivity contribution in [3.63, 3.8) is 0 Å². The van der Waals surface area contributed by atoms with E-state index in [4.69, 9.17) is 0 Å². The lowest BCUT2D eigenvalue weighted by Gasteiger charge is -2.33. The van der Waals surface area contributed by atoms with E-state index in [1.807, 2.05) is 0 Å². The lowest BCUT2D eigenvalue weighted by atomic mass is 10.1. The van der Waals surface area contributed by atoms with Crippen LogP contribution in [-0.4, -0.2) is 23.2 Å². The predicted octanol–water partition coefficient (Wildman–Crippen LogP) is -1.12. The van der Waals surface area contributed by atoms with Crippen LogP contribution in [0.15, 0.2) is 0 Å². The van der Waals surface area contributed by atoms with Crippen LogP contribution in [-0.2, 0) is 9.59 Å². The van der Waals surface area contributed by atoms with Crippen molar-refractivity contribution in [3.05, 3.63) is 0 Å². The van der Waals surface area contributed by atoms with Crippen LogP contribution in [0, 0.1) is 0 Å². The Bertz CT molecular complexity index is 182. The van der Waals surface area contributed by atoms with Crippen LogP contribution < -0.4 is 10.6 Å². The number of carbonyl (C=O) groups is 2. The SMILES string of the molecule is CC(=O)NC1C(=O)NC1S. The van der Waals surface area contributed by atoms with Crippen LogP contribution in [0.2, 0.25) is 0 Å². The Morgan fingerprint density at radius 1 is 1.80 bits per heavy atom. The van der Waals surface area contributed by atoms with Gasteiger partial charge in [0.25, 0.3) is 0 Å². The molecule has 5 heteroatoms. The van der Waals surface area contributed by atoms with Crippen molar-refractivity contribution in [2.45, 2.75) is 18.3 Å². The second-order valence-electron chi connectivity index (χ2n) is 2.13. The van der Waals surface area contributed by atoms with Crippen LogP contribution in [0.1, 0.15) is 6.92 Å². The van der Waals surface area contributed by atoms with Gasteiger partial charge in [-0.3, -0.25) is 9.59 Å². The Morgan fingerprint density at radius 2 is 2.40 bits per heavy atom. The van der Waals surface area contributed by atoms with Gasteiger partial charge < -0.3 is 10.6 Å². The van der Waals surface area contributed by atoms with Crippen molar-refractivity contribution in [2.75, 3.05) is 0 Å². The molecule has 0 aliphatic carbocycles. The molecular formula is C5H8N2O2S. The van der Waals surface area contributed by atoms with Gasteiger partial charge in [-0.1, -0.05) is 0 Å². The van der Waals surface area contributed by atoms with E-state index in [0.29, 0.717) is 0 Å². The number of nitrogens with one attached hydrogen (secondary N) is 2. The minimum absolute atomic E-state index is 0.171. The van der Waals surface area contributed by atoms with E-state index in [2.05, 4.69) is 23.3 Å². The summed E-state index contributed by atoms with van der Waals surface area (Å²) < 4.78 is 0. The zero-order chi connectivity index (χ0) is 7.72. The van der Waals surface area contributed by atoms with E-state index >= 15 is 0 Å². The lowest BCUT2D eigenvalue weighted by Crippen LogP contribution is -2.66. The third-order valence-electron chi connectivity index (χ3n) is 1.25. The number of rotatable bonds is 1. The molecule has 0 aromatic carbocycles. The Balaban J connectivity index is 2.40. The van der Waals surface area contributed by atoms with Crippen LogP contribution in [0.5, 0.6) is 0 Å². The molecule has 1 rings (SSSR count). The average Bonchev–Trinajstić information content (AvgIpc) is 1.84. The van der Waals surface area contributed by atoms with Crippen molar-refractivity contribution in [2.24, 2.45) is 0 Å². The van der Waals surface area contributed by atoms with Gasteiger partial charge in [-0.15, -0.1) is 0 Å². The summed E-state index contributed by atoms with van der Waals surface area (Å²) in [6, 6.07) is -0.444. The number of thiol groups is 1. The van der Waals surface area contributed by atoms with Gasteiger partial charge in [0.15, 0.2) is 0 Å². The summed E-state index contributed by atoms with van der Waals surface area (Å²) in [7, 11) is 0. The third-order valence-corrected chi connectivity index (χ3v) is 1.67. The molecule has 0 saturated carbocycles. The quantitative estimate of drug-likeness (QED) is 0.336. The number of β-lactam (4-membered cyclic amide) rings is 1. The first-order valence-corrected chi connectivity index (χ1v) is 3.38. The van der Waals surface area contributed by atoms with E-state index in [1.165, 1.54) is 6.92 Å². The molecule has 0 radical (unpaired) electrons. The molecule has 0 aromatic rings. The number of hydrogen-bond donors (Lipinski definition) is 3. The van der Waals surface area contributed by atoms with Crippen molar-refractivity contribution in [1.82, 2.24) is 10.6 Å². The van der Waals surface area contributed by atoms with E-state index < -0.39 is 6.04 Å². The molecule has 1 aliphatic heterocycles. The summed E-state index contributed by atoms with van der Waals surface area (Å²) in [6.45, 7) is 1.37. The molecule has 1 heterocycles. The Kier molecular flexibility index (Phi) is 1.85. The van der Waals surface area contributed by atoms with Crippen molar-refractivity contribution in [3.8, 4) is 0 Å². The zero-order valence-corrected chi connectivity index (χ0v) is 6.31. The third kappa shape index (κ3) is 1.23. The van der Waals surface area contributed by atoms with Gasteiger partial charge in [0.05, 0.1) is 0 Å². The molecule has 0 bridgehead atoms. The van der Waals surface area contributed by atoms with Gasteiger partial charge in [-0.05, 0) is 0 Å². The van der Waals surface area contributed by atoms with Gasteiger partial charge >= 0.3 is 0 Å². The summed E-state index contributed by atoms with van der Waals surface area (Å²) >= 11 is 3.97. The number of hydrogen-bond acceptors (Lipinski definition) is 3. The lowest BCUT2D eigenvalue weighted by molar-refractivity contribution is -0.133. The van der Waals surface area contributed by atoms with Gasteiger partial charge in [0.2, 0.25) is 11.8 Å². The Morgan fingerprint density at radius 3 is 2.60 bits per heavy atom. The molecule has 1 saturated heterocycles. The molecule has 0 spiro atoms. The molecular weight excluding hydrogens is 152 g/mol. The molecule has 2 unspecified atom stereocenters. The highest BCUT2D eigenvalue weighted by Crippen LogP contribution is 2.08. The normalized spacial score (nSPS) is 30.4. The second kappa shape index (κ2) is 2.49. The van der Waals surface area contributed by atoms with Crippen LogP contribution in [0.25, 0.3) is 0 Å². The molecule has 1 fully saturated rings.